The van der Waals surface area contributed by atoms with Gasteiger partial charge in [0.2, 0.25) is 0 Å². The van der Waals surface area contributed by atoms with Crippen molar-refractivity contribution in [2.24, 2.45) is 10.9 Å². The highest BCUT2D eigenvalue weighted by molar-refractivity contribution is 14.0. The maximum atomic E-state index is 5.37. The summed E-state index contributed by atoms with van der Waals surface area (Å²) in [6.07, 6.45) is 7.83. The summed E-state index contributed by atoms with van der Waals surface area (Å²) >= 11 is 0. The smallest absolute Gasteiger partial charge is 0.194 e. The highest BCUT2D eigenvalue weighted by atomic mass is 127. The second kappa shape index (κ2) is 8.06. The molecule has 2 aliphatic rings. The van der Waals surface area contributed by atoms with Crippen molar-refractivity contribution < 1.29 is 4.42 Å². The van der Waals surface area contributed by atoms with Crippen molar-refractivity contribution >= 4 is 29.9 Å². The van der Waals surface area contributed by atoms with Gasteiger partial charge in [-0.25, -0.2) is 0 Å². The standard InChI is InChI=1S/C16H25N3O.HI/c1-13-4-2-10-19(12-13)16(18-14-6-7-14)17-9-8-15-5-3-11-20-15;/h3,5,11,13-14H,2,4,6-10,12H2,1H3,(H,17,18);1H. The summed E-state index contributed by atoms with van der Waals surface area (Å²) in [6, 6.07) is 4.62. The second-order valence-electron chi connectivity index (χ2n) is 6.15. The molecule has 5 heteroatoms. The molecule has 21 heavy (non-hydrogen) atoms. The Balaban J connectivity index is 0.00000161. The van der Waals surface area contributed by atoms with Crippen LogP contribution in [0.2, 0.25) is 0 Å². The molecule has 4 nitrogen and oxygen atoms in total. The lowest BCUT2D eigenvalue weighted by molar-refractivity contribution is 0.265. The van der Waals surface area contributed by atoms with Crippen LogP contribution in [0.25, 0.3) is 0 Å². The molecule has 1 aliphatic heterocycles. The van der Waals surface area contributed by atoms with Crippen LogP contribution < -0.4 is 5.32 Å². The Bertz CT molecular complexity index is 442. The maximum Gasteiger partial charge on any atom is 0.194 e. The van der Waals surface area contributed by atoms with E-state index in [0.29, 0.717) is 6.04 Å². The summed E-state index contributed by atoms with van der Waals surface area (Å²) in [7, 11) is 0. The molecular formula is C16H26IN3O. The molecule has 1 saturated carbocycles. The largest absolute Gasteiger partial charge is 0.469 e. The summed E-state index contributed by atoms with van der Waals surface area (Å²) in [4.78, 5) is 7.25. The molecule has 1 aromatic rings. The minimum atomic E-state index is 0. The fourth-order valence-corrected chi connectivity index (χ4v) is 2.76. The lowest BCUT2D eigenvalue weighted by Gasteiger charge is -2.33. The number of nitrogens with zero attached hydrogens (tertiary/aromatic N) is 2. The molecule has 1 aromatic heterocycles. The lowest BCUT2D eigenvalue weighted by Crippen LogP contribution is -2.47. The monoisotopic (exact) mass is 403 g/mol. The molecule has 1 saturated heterocycles. The molecule has 2 fully saturated rings. The molecular weight excluding hydrogens is 377 g/mol. The highest BCUT2D eigenvalue weighted by Crippen LogP contribution is 2.21. The van der Waals surface area contributed by atoms with Crippen molar-refractivity contribution in [1.82, 2.24) is 10.2 Å². The summed E-state index contributed by atoms with van der Waals surface area (Å²) in [5.41, 5.74) is 0. The molecule has 1 unspecified atom stereocenters. The Labute approximate surface area is 144 Å². The first-order valence-electron chi connectivity index (χ1n) is 7.89. The molecule has 0 amide bonds. The van der Waals surface area contributed by atoms with Crippen molar-refractivity contribution in [3.8, 4) is 0 Å². The van der Waals surface area contributed by atoms with Crippen LogP contribution in [0.5, 0.6) is 0 Å². The van der Waals surface area contributed by atoms with Crippen LogP contribution in [-0.2, 0) is 6.42 Å². The molecule has 1 aliphatic carbocycles. The number of furan rings is 1. The first kappa shape index (κ1) is 16.6. The number of aliphatic imine (C=N–C) groups is 1. The third-order valence-electron chi connectivity index (χ3n) is 4.07. The second-order valence-corrected chi connectivity index (χ2v) is 6.15. The molecule has 2 heterocycles. The van der Waals surface area contributed by atoms with Gasteiger partial charge >= 0.3 is 0 Å². The lowest BCUT2D eigenvalue weighted by atomic mass is 10.0. The Kier molecular flexibility index (Phi) is 6.39. The van der Waals surface area contributed by atoms with Gasteiger partial charge in [0.25, 0.3) is 0 Å². The normalized spacial score (nSPS) is 22.8. The quantitative estimate of drug-likeness (QED) is 0.477. The van der Waals surface area contributed by atoms with E-state index in [2.05, 4.69) is 17.1 Å². The van der Waals surface area contributed by atoms with E-state index in [1.54, 1.807) is 6.26 Å². The van der Waals surface area contributed by atoms with Crippen LogP contribution in [-0.4, -0.2) is 36.5 Å². The van der Waals surface area contributed by atoms with Crippen molar-refractivity contribution in [1.29, 1.82) is 0 Å². The van der Waals surface area contributed by atoms with Crippen molar-refractivity contribution in [3.05, 3.63) is 24.2 Å². The fourth-order valence-electron chi connectivity index (χ4n) is 2.76. The van der Waals surface area contributed by atoms with Crippen LogP contribution in [0, 0.1) is 5.92 Å². The zero-order valence-corrected chi connectivity index (χ0v) is 15.1. The van der Waals surface area contributed by atoms with E-state index in [0.717, 1.165) is 43.7 Å². The number of halogens is 1. The number of nitrogens with one attached hydrogen (secondary N) is 1. The van der Waals surface area contributed by atoms with Gasteiger partial charge in [0.1, 0.15) is 5.76 Å². The minimum Gasteiger partial charge on any atom is -0.469 e. The Morgan fingerprint density at radius 2 is 2.29 bits per heavy atom. The van der Waals surface area contributed by atoms with E-state index < -0.39 is 0 Å². The van der Waals surface area contributed by atoms with Gasteiger partial charge in [0.05, 0.1) is 6.26 Å². The third kappa shape index (κ3) is 5.20. The number of piperidine rings is 1. The van der Waals surface area contributed by atoms with Crippen LogP contribution >= 0.6 is 24.0 Å². The SMILES string of the molecule is CC1CCCN(C(=NCCc2ccco2)NC2CC2)C1.I. The fraction of sp³-hybridized carbons (Fsp3) is 0.688. The topological polar surface area (TPSA) is 40.8 Å². The van der Waals surface area contributed by atoms with Crippen LogP contribution in [0.15, 0.2) is 27.8 Å². The number of rotatable bonds is 4. The van der Waals surface area contributed by atoms with Gasteiger partial charge in [-0.05, 0) is 43.7 Å². The van der Waals surface area contributed by atoms with Gasteiger partial charge in [0.15, 0.2) is 5.96 Å². The minimum absolute atomic E-state index is 0. The van der Waals surface area contributed by atoms with Gasteiger partial charge in [-0.15, -0.1) is 24.0 Å². The van der Waals surface area contributed by atoms with Crippen molar-refractivity contribution in [2.75, 3.05) is 19.6 Å². The number of likely N-dealkylation sites (tertiary alicyclic amines) is 1. The van der Waals surface area contributed by atoms with Gasteiger partial charge in [0, 0.05) is 32.1 Å². The predicted molar refractivity (Wildman–Crippen MR) is 96.3 cm³/mol. The van der Waals surface area contributed by atoms with Crippen LogP contribution in [0.4, 0.5) is 0 Å². The molecule has 0 bridgehead atoms. The summed E-state index contributed by atoms with van der Waals surface area (Å²) in [6.45, 7) is 5.42. The van der Waals surface area contributed by atoms with Gasteiger partial charge in [-0.2, -0.15) is 0 Å². The van der Waals surface area contributed by atoms with Gasteiger partial charge in [-0.3, -0.25) is 4.99 Å². The van der Waals surface area contributed by atoms with Crippen molar-refractivity contribution in [2.45, 2.75) is 45.1 Å². The molecule has 1 atom stereocenters. The van der Waals surface area contributed by atoms with E-state index in [9.17, 15) is 0 Å². The van der Waals surface area contributed by atoms with Gasteiger partial charge in [-0.1, -0.05) is 6.92 Å². The first-order chi connectivity index (χ1) is 9.81. The summed E-state index contributed by atoms with van der Waals surface area (Å²) in [5, 5.41) is 3.61. The van der Waals surface area contributed by atoms with Crippen LogP contribution in [0.3, 0.4) is 0 Å². The van der Waals surface area contributed by atoms with E-state index in [4.69, 9.17) is 9.41 Å². The van der Waals surface area contributed by atoms with E-state index in [1.807, 2.05) is 12.1 Å². The summed E-state index contributed by atoms with van der Waals surface area (Å²) < 4.78 is 5.37. The van der Waals surface area contributed by atoms with E-state index in [-0.39, 0.29) is 24.0 Å². The third-order valence-corrected chi connectivity index (χ3v) is 4.07. The number of hydrogen-bond donors (Lipinski definition) is 1. The Hall–Kier alpha value is -0.720. The van der Waals surface area contributed by atoms with Crippen LogP contribution in [0.1, 0.15) is 38.4 Å². The molecule has 3 rings (SSSR count). The predicted octanol–water partition coefficient (Wildman–Crippen LogP) is 3.28. The van der Waals surface area contributed by atoms with Gasteiger partial charge < -0.3 is 14.6 Å². The van der Waals surface area contributed by atoms with E-state index >= 15 is 0 Å². The summed E-state index contributed by atoms with van der Waals surface area (Å²) in [5.74, 6) is 2.91. The Morgan fingerprint density at radius 3 is 2.95 bits per heavy atom. The number of guanidine groups is 1. The molecule has 0 aromatic carbocycles. The molecule has 118 valence electrons. The average Bonchev–Trinajstić information content (AvgIpc) is 3.11. The van der Waals surface area contributed by atoms with E-state index in [1.165, 1.54) is 25.7 Å². The zero-order chi connectivity index (χ0) is 13.8. The first-order valence-corrected chi connectivity index (χ1v) is 7.89. The molecule has 0 spiro atoms. The highest BCUT2D eigenvalue weighted by Gasteiger charge is 2.26. The Morgan fingerprint density at radius 1 is 1.43 bits per heavy atom. The zero-order valence-electron chi connectivity index (χ0n) is 12.8. The van der Waals surface area contributed by atoms with Crippen molar-refractivity contribution in [3.63, 3.8) is 0 Å². The number of hydrogen-bond acceptors (Lipinski definition) is 2. The average molecular weight is 403 g/mol. The molecule has 0 radical (unpaired) electrons. The molecule has 1 N–H and O–H groups in total. The maximum absolute atomic E-state index is 5.37.